The molecular formula is C12H24F3IN4O. The molecule has 0 saturated carbocycles. The monoisotopic (exact) mass is 424 g/mol. The molecule has 1 rings (SSSR count). The van der Waals surface area contributed by atoms with Gasteiger partial charge in [0.05, 0.1) is 26.2 Å². The highest BCUT2D eigenvalue weighted by atomic mass is 127. The van der Waals surface area contributed by atoms with Crippen LogP contribution in [0.25, 0.3) is 0 Å². The van der Waals surface area contributed by atoms with E-state index >= 15 is 0 Å². The summed E-state index contributed by atoms with van der Waals surface area (Å²) in [7, 11) is 0. The lowest BCUT2D eigenvalue weighted by molar-refractivity contribution is -0.132. The van der Waals surface area contributed by atoms with Gasteiger partial charge >= 0.3 is 6.18 Å². The predicted molar refractivity (Wildman–Crippen MR) is 87.3 cm³/mol. The van der Waals surface area contributed by atoms with E-state index in [4.69, 9.17) is 4.74 Å². The van der Waals surface area contributed by atoms with Crippen LogP contribution in [0, 0.1) is 0 Å². The van der Waals surface area contributed by atoms with E-state index in [1.165, 1.54) is 0 Å². The molecule has 1 heterocycles. The maximum atomic E-state index is 12.1. The third-order valence-electron chi connectivity index (χ3n) is 2.83. The fourth-order valence-corrected chi connectivity index (χ4v) is 1.79. The van der Waals surface area contributed by atoms with Gasteiger partial charge < -0.3 is 15.4 Å². The second-order valence-corrected chi connectivity index (χ2v) is 4.51. The minimum absolute atomic E-state index is 0. The molecule has 0 aromatic heterocycles. The van der Waals surface area contributed by atoms with Crippen molar-refractivity contribution in [3.63, 3.8) is 0 Å². The van der Waals surface area contributed by atoms with E-state index in [-0.39, 0.29) is 30.5 Å². The number of rotatable bonds is 6. The number of morpholine rings is 1. The summed E-state index contributed by atoms with van der Waals surface area (Å²) in [4.78, 5) is 6.16. The van der Waals surface area contributed by atoms with Gasteiger partial charge in [0, 0.05) is 32.7 Å². The Bertz CT molecular complexity index is 297. The van der Waals surface area contributed by atoms with Crippen LogP contribution < -0.4 is 10.6 Å². The molecule has 0 amide bonds. The number of nitrogens with one attached hydrogen (secondary N) is 2. The van der Waals surface area contributed by atoms with E-state index in [2.05, 4.69) is 20.5 Å². The molecule has 5 nitrogen and oxygen atoms in total. The zero-order chi connectivity index (χ0) is 14.8. The zero-order valence-corrected chi connectivity index (χ0v) is 14.5. The van der Waals surface area contributed by atoms with Crippen molar-refractivity contribution in [3.8, 4) is 0 Å². The fraction of sp³-hybridized carbons (Fsp3) is 0.917. The van der Waals surface area contributed by atoms with E-state index in [0.717, 1.165) is 32.8 Å². The fourth-order valence-electron chi connectivity index (χ4n) is 1.79. The Balaban J connectivity index is 0.00000400. The van der Waals surface area contributed by atoms with E-state index < -0.39 is 12.6 Å². The highest BCUT2D eigenvalue weighted by molar-refractivity contribution is 14.0. The summed E-state index contributed by atoms with van der Waals surface area (Å²) >= 11 is 0. The SMILES string of the molecule is CCNC(=NCCC(F)(F)F)NCCN1CCOCC1.I. The molecule has 0 aromatic rings. The molecule has 126 valence electrons. The first-order chi connectivity index (χ1) is 9.51. The van der Waals surface area contributed by atoms with E-state index in [0.29, 0.717) is 19.0 Å². The molecule has 1 aliphatic rings. The van der Waals surface area contributed by atoms with Gasteiger partial charge in [0.1, 0.15) is 0 Å². The number of guanidine groups is 1. The minimum atomic E-state index is -4.16. The first kappa shape index (κ1) is 20.7. The van der Waals surface area contributed by atoms with E-state index in [1.807, 2.05) is 6.92 Å². The molecule has 1 saturated heterocycles. The predicted octanol–water partition coefficient (Wildman–Crippen LogP) is 1.44. The Morgan fingerprint density at radius 1 is 1.24 bits per heavy atom. The maximum absolute atomic E-state index is 12.1. The van der Waals surface area contributed by atoms with Crippen molar-refractivity contribution >= 4 is 29.9 Å². The number of alkyl halides is 3. The van der Waals surface area contributed by atoms with Crippen molar-refractivity contribution in [1.82, 2.24) is 15.5 Å². The van der Waals surface area contributed by atoms with Crippen molar-refractivity contribution < 1.29 is 17.9 Å². The molecule has 0 bridgehead atoms. The van der Waals surface area contributed by atoms with Gasteiger partial charge in [-0.3, -0.25) is 9.89 Å². The lowest BCUT2D eigenvalue weighted by Crippen LogP contribution is -2.44. The van der Waals surface area contributed by atoms with Crippen LogP contribution in [-0.4, -0.2) is 69.5 Å². The summed E-state index contributed by atoms with van der Waals surface area (Å²) in [5, 5.41) is 5.98. The Morgan fingerprint density at radius 3 is 2.48 bits per heavy atom. The Hall–Kier alpha value is -0.290. The number of nitrogens with zero attached hydrogens (tertiary/aromatic N) is 2. The number of aliphatic imine (C=N–C) groups is 1. The molecule has 0 unspecified atom stereocenters. The molecule has 1 fully saturated rings. The van der Waals surface area contributed by atoms with E-state index in [9.17, 15) is 13.2 Å². The summed E-state index contributed by atoms with van der Waals surface area (Å²) in [6.45, 7) is 6.98. The lowest BCUT2D eigenvalue weighted by atomic mass is 10.4. The van der Waals surface area contributed by atoms with Crippen molar-refractivity contribution in [2.24, 2.45) is 4.99 Å². The summed E-state index contributed by atoms with van der Waals surface area (Å²) in [5.41, 5.74) is 0. The highest BCUT2D eigenvalue weighted by Gasteiger charge is 2.26. The van der Waals surface area contributed by atoms with Gasteiger partial charge in [-0.1, -0.05) is 0 Å². The summed E-state index contributed by atoms with van der Waals surface area (Å²) in [6.07, 6.45) is -5.05. The Kier molecular flexibility index (Phi) is 11.1. The van der Waals surface area contributed by atoms with Crippen LogP contribution in [0.1, 0.15) is 13.3 Å². The summed E-state index contributed by atoms with van der Waals surface area (Å²) in [5.74, 6) is 0.435. The van der Waals surface area contributed by atoms with Crippen LogP contribution in [0.4, 0.5) is 13.2 Å². The topological polar surface area (TPSA) is 48.9 Å². The van der Waals surface area contributed by atoms with Gasteiger partial charge in [0.15, 0.2) is 5.96 Å². The molecule has 1 aliphatic heterocycles. The molecule has 2 N–H and O–H groups in total. The van der Waals surface area contributed by atoms with Crippen LogP contribution in [0.3, 0.4) is 0 Å². The molecule has 9 heteroatoms. The highest BCUT2D eigenvalue weighted by Crippen LogP contribution is 2.18. The largest absolute Gasteiger partial charge is 0.390 e. The molecule has 0 radical (unpaired) electrons. The molecule has 0 spiro atoms. The summed E-state index contributed by atoms with van der Waals surface area (Å²) in [6, 6.07) is 0. The third-order valence-corrected chi connectivity index (χ3v) is 2.83. The Morgan fingerprint density at radius 2 is 1.90 bits per heavy atom. The number of halogens is 4. The summed E-state index contributed by atoms with van der Waals surface area (Å²) < 4.78 is 41.4. The maximum Gasteiger partial charge on any atom is 0.390 e. The first-order valence-electron chi connectivity index (χ1n) is 6.90. The van der Waals surface area contributed by atoms with Gasteiger partial charge in [-0.25, -0.2) is 0 Å². The number of ether oxygens (including phenoxy) is 1. The van der Waals surface area contributed by atoms with Crippen LogP contribution in [0.5, 0.6) is 0 Å². The van der Waals surface area contributed by atoms with Gasteiger partial charge in [-0.05, 0) is 6.92 Å². The quantitative estimate of drug-likeness (QED) is 0.385. The zero-order valence-electron chi connectivity index (χ0n) is 12.2. The van der Waals surface area contributed by atoms with Crippen molar-refractivity contribution in [2.45, 2.75) is 19.5 Å². The van der Waals surface area contributed by atoms with Gasteiger partial charge in [0.25, 0.3) is 0 Å². The normalized spacial score (nSPS) is 17.2. The third kappa shape index (κ3) is 11.0. The molecule has 0 aromatic carbocycles. The van der Waals surface area contributed by atoms with Crippen LogP contribution in [-0.2, 0) is 4.74 Å². The van der Waals surface area contributed by atoms with Crippen LogP contribution in [0.2, 0.25) is 0 Å². The standard InChI is InChI=1S/C12H23F3N4O.HI/c1-2-16-11(17-4-3-12(13,14)15)18-5-6-19-7-9-20-10-8-19;/h2-10H2,1H3,(H2,16,17,18);1H. The second-order valence-electron chi connectivity index (χ2n) is 4.51. The molecule has 0 aliphatic carbocycles. The average molecular weight is 424 g/mol. The van der Waals surface area contributed by atoms with E-state index in [1.54, 1.807) is 0 Å². The minimum Gasteiger partial charge on any atom is -0.379 e. The van der Waals surface area contributed by atoms with Crippen molar-refractivity contribution in [1.29, 1.82) is 0 Å². The van der Waals surface area contributed by atoms with Gasteiger partial charge in [0.2, 0.25) is 0 Å². The Labute approximate surface area is 140 Å². The van der Waals surface area contributed by atoms with Crippen LogP contribution >= 0.6 is 24.0 Å². The first-order valence-corrected chi connectivity index (χ1v) is 6.90. The molecule has 21 heavy (non-hydrogen) atoms. The van der Waals surface area contributed by atoms with Gasteiger partial charge in [-0.2, -0.15) is 13.2 Å². The van der Waals surface area contributed by atoms with Gasteiger partial charge in [-0.15, -0.1) is 24.0 Å². The van der Waals surface area contributed by atoms with Crippen molar-refractivity contribution in [3.05, 3.63) is 0 Å². The molecular weight excluding hydrogens is 400 g/mol. The van der Waals surface area contributed by atoms with Crippen LogP contribution in [0.15, 0.2) is 4.99 Å². The number of hydrogen-bond donors (Lipinski definition) is 2. The average Bonchev–Trinajstić information content (AvgIpc) is 2.38. The van der Waals surface area contributed by atoms with Crippen molar-refractivity contribution in [2.75, 3.05) is 52.5 Å². The number of hydrogen-bond acceptors (Lipinski definition) is 3. The smallest absolute Gasteiger partial charge is 0.379 e. The second kappa shape index (κ2) is 11.3. The lowest BCUT2D eigenvalue weighted by Gasteiger charge is -2.26. The molecule has 0 atom stereocenters.